The molecular formula is C32H42N4O4. The van der Waals surface area contributed by atoms with Crippen molar-refractivity contribution in [3.05, 3.63) is 60.2 Å². The SMILES string of the molecule is COc1ccccc1CCNC(=O)CN1CN(c2ccccc2)C2(CCN(C(=O)CCC3CCCC3)CC2)C1=O. The number of hydrogen-bond donors (Lipinski definition) is 1. The summed E-state index contributed by atoms with van der Waals surface area (Å²) in [6, 6.07) is 17.7. The van der Waals surface area contributed by atoms with Crippen LogP contribution in [0.5, 0.6) is 5.75 Å². The highest BCUT2D eigenvalue weighted by atomic mass is 16.5. The van der Waals surface area contributed by atoms with Gasteiger partial charge in [0.15, 0.2) is 0 Å². The number of nitrogens with one attached hydrogen (secondary N) is 1. The number of rotatable bonds is 10. The smallest absolute Gasteiger partial charge is 0.250 e. The van der Waals surface area contributed by atoms with Crippen LogP contribution in [0.15, 0.2) is 54.6 Å². The minimum Gasteiger partial charge on any atom is -0.496 e. The van der Waals surface area contributed by atoms with E-state index in [1.807, 2.05) is 59.5 Å². The molecular weight excluding hydrogens is 504 g/mol. The second-order valence-corrected chi connectivity index (χ2v) is 11.4. The summed E-state index contributed by atoms with van der Waals surface area (Å²) in [6.45, 7) is 1.97. The van der Waals surface area contributed by atoms with E-state index in [2.05, 4.69) is 10.2 Å². The third-order valence-electron chi connectivity index (χ3n) is 9.01. The molecule has 2 aliphatic heterocycles. The third kappa shape index (κ3) is 6.11. The lowest BCUT2D eigenvalue weighted by Crippen LogP contribution is -2.57. The number of likely N-dealkylation sites (tertiary alicyclic amines) is 1. The molecule has 0 radical (unpaired) electrons. The van der Waals surface area contributed by atoms with Crippen molar-refractivity contribution in [2.45, 2.75) is 63.3 Å². The molecule has 3 amide bonds. The lowest BCUT2D eigenvalue weighted by atomic mass is 9.85. The second-order valence-electron chi connectivity index (χ2n) is 11.4. The van der Waals surface area contributed by atoms with E-state index in [0.29, 0.717) is 57.9 Å². The Morgan fingerprint density at radius 3 is 2.42 bits per heavy atom. The van der Waals surface area contributed by atoms with E-state index >= 15 is 0 Å². The number of ether oxygens (including phenoxy) is 1. The molecule has 0 unspecified atom stereocenters. The van der Waals surface area contributed by atoms with E-state index in [4.69, 9.17) is 4.74 Å². The first-order valence-electron chi connectivity index (χ1n) is 14.8. The zero-order chi connectivity index (χ0) is 28.0. The predicted molar refractivity (Wildman–Crippen MR) is 155 cm³/mol. The largest absolute Gasteiger partial charge is 0.496 e. The lowest BCUT2D eigenvalue weighted by molar-refractivity contribution is -0.140. The van der Waals surface area contributed by atoms with Gasteiger partial charge in [0, 0.05) is 31.7 Å². The topological polar surface area (TPSA) is 82.2 Å². The van der Waals surface area contributed by atoms with Gasteiger partial charge in [0.1, 0.15) is 17.8 Å². The number of nitrogens with zero attached hydrogens (tertiary/aromatic N) is 3. The Labute approximate surface area is 237 Å². The van der Waals surface area contributed by atoms with Crippen LogP contribution in [0.25, 0.3) is 0 Å². The number of para-hydroxylation sites is 2. The number of methoxy groups -OCH3 is 1. The van der Waals surface area contributed by atoms with Gasteiger partial charge in [-0.25, -0.2) is 0 Å². The van der Waals surface area contributed by atoms with Crippen molar-refractivity contribution in [3.8, 4) is 5.75 Å². The molecule has 2 heterocycles. The van der Waals surface area contributed by atoms with Crippen molar-refractivity contribution in [3.63, 3.8) is 0 Å². The minimum atomic E-state index is -0.735. The second kappa shape index (κ2) is 12.7. The standard InChI is InChI=1S/C32H42N4O4/c1-40-28-14-8-7-11-26(28)17-20-33-29(37)23-35-24-36(27-12-3-2-4-13-27)32(31(35)39)18-21-34(22-19-32)30(38)16-15-25-9-5-6-10-25/h2-4,7-8,11-14,25H,5-6,9-10,15-24H2,1H3,(H,33,37). The summed E-state index contributed by atoms with van der Waals surface area (Å²) >= 11 is 0. The van der Waals surface area contributed by atoms with Crippen molar-refractivity contribution < 1.29 is 19.1 Å². The maximum Gasteiger partial charge on any atom is 0.250 e. The van der Waals surface area contributed by atoms with Crippen LogP contribution in [0.2, 0.25) is 0 Å². The molecule has 1 N–H and O–H groups in total. The molecule has 3 aliphatic rings. The van der Waals surface area contributed by atoms with Crippen LogP contribution in [0.4, 0.5) is 5.69 Å². The Bertz CT molecular complexity index is 1170. The van der Waals surface area contributed by atoms with Crippen LogP contribution in [0, 0.1) is 5.92 Å². The molecule has 40 heavy (non-hydrogen) atoms. The highest BCUT2D eigenvalue weighted by Crippen LogP contribution is 2.39. The predicted octanol–water partition coefficient (Wildman–Crippen LogP) is 3.99. The van der Waals surface area contributed by atoms with E-state index in [1.165, 1.54) is 25.7 Å². The van der Waals surface area contributed by atoms with E-state index < -0.39 is 5.54 Å². The fourth-order valence-electron chi connectivity index (χ4n) is 6.71. The molecule has 1 spiro atoms. The Kier molecular flexibility index (Phi) is 8.92. The molecule has 214 valence electrons. The molecule has 2 aromatic rings. The van der Waals surface area contributed by atoms with Crippen LogP contribution in [0.1, 0.15) is 56.9 Å². The first-order valence-corrected chi connectivity index (χ1v) is 14.8. The van der Waals surface area contributed by atoms with E-state index in [-0.39, 0.29) is 24.3 Å². The zero-order valence-corrected chi connectivity index (χ0v) is 23.6. The van der Waals surface area contributed by atoms with Gasteiger partial charge in [-0.3, -0.25) is 14.4 Å². The van der Waals surface area contributed by atoms with Crippen molar-refractivity contribution in [1.29, 1.82) is 0 Å². The monoisotopic (exact) mass is 546 g/mol. The summed E-state index contributed by atoms with van der Waals surface area (Å²) in [5, 5.41) is 2.98. The molecule has 3 fully saturated rings. The maximum atomic E-state index is 13.9. The van der Waals surface area contributed by atoms with Crippen LogP contribution >= 0.6 is 0 Å². The van der Waals surface area contributed by atoms with Gasteiger partial charge in [-0.1, -0.05) is 62.1 Å². The fourth-order valence-corrected chi connectivity index (χ4v) is 6.71. The Morgan fingerprint density at radius 2 is 1.70 bits per heavy atom. The molecule has 8 heteroatoms. The number of amides is 3. The van der Waals surface area contributed by atoms with E-state index in [1.54, 1.807) is 12.0 Å². The summed E-state index contributed by atoms with van der Waals surface area (Å²) in [6.07, 6.45) is 8.46. The number of carbonyl (C=O) groups excluding carboxylic acids is 3. The van der Waals surface area contributed by atoms with Gasteiger partial charge < -0.3 is 24.8 Å². The molecule has 0 atom stereocenters. The van der Waals surface area contributed by atoms with Gasteiger partial charge in [0.25, 0.3) is 5.91 Å². The van der Waals surface area contributed by atoms with Gasteiger partial charge in [-0.05, 0) is 55.4 Å². The molecule has 2 saturated heterocycles. The summed E-state index contributed by atoms with van der Waals surface area (Å²) in [5.41, 5.74) is 1.26. The summed E-state index contributed by atoms with van der Waals surface area (Å²) < 4.78 is 5.41. The van der Waals surface area contributed by atoms with E-state index in [0.717, 1.165) is 23.4 Å². The first-order chi connectivity index (χ1) is 19.5. The molecule has 0 aromatic heterocycles. The normalized spacial score (nSPS) is 18.9. The lowest BCUT2D eigenvalue weighted by Gasteiger charge is -2.43. The first kappa shape index (κ1) is 28.0. The van der Waals surface area contributed by atoms with Crippen LogP contribution < -0.4 is 15.0 Å². The van der Waals surface area contributed by atoms with Crippen LogP contribution in [-0.2, 0) is 20.8 Å². The summed E-state index contributed by atoms with van der Waals surface area (Å²) in [4.78, 5) is 45.6. The van der Waals surface area contributed by atoms with Gasteiger partial charge in [-0.15, -0.1) is 0 Å². The van der Waals surface area contributed by atoms with Gasteiger partial charge in [0.05, 0.1) is 13.8 Å². The molecule has 0 bridgehead atoms. The Balaban J connectivity index is 1.20. The maximum absolute atomic E-state index is 13.9. The Morgan fingerprint density at radius 1 is 1.00 bits per heavy atom. The molecule has 2 aromatic carbocycles. The summed E-state index contributed by atoms with van der Waals surface area (Å²) in [5.74, 6) is 1.52. The quantitative estimate of drug-likeness (QED) is 0.487. The minimum absolute atomic E-state index is 0.0138. The number of carbonyl (C=O) groups is 3. The van der Waals surface area contributed by atoms with Crippen LogP contribution in [0.3, 0.4) is 0 Å². The number of piperidine rings is 1. The van der Waals surface area contributed by atoms with Gasteiger partial charge in [-0.2, -0.15) is 0 Å². The number of hydrogen-bond acceptors (Lipinski definition) is 5. The van der Waals surface area contributed by atoms with Gasteiger partial charge >= 0.3 is 0 Å². The fraction of sp³-hybridized carbons (Fsp3) is 0.531. The van der Waals surface area contributed by atoms with Crippen molar-refractivity contribution in [2.75, 3.05) is 44.9 Å². The average Bonchev–Trinajstić information content (AvgIpc) is 3.60. The average molecular weight is 547 g/mol. The highest BCUT2D eigenvalue weighted by Gasteiger charge is 2.54. The number of benzene rings is 2. The van der Waals surface area contributed by atoms with Crippen molar-refractivity contribution in [2.24, 2.45) is 5.92 Å². The number of anilines is 1. The zero-order valence-electron chi connectivity index (χ0n) is 23.6. The molecule has 1 aliphatic carbocycles. The molecule has 8 nitrogen and oxygen atoms in total. The van der Waals surface area contributed by atoms with Crippen LogP contribution in [-0.4, -0.2) is 73.0 Å². The van der Waals surface area contributed by atoms with E-state index in [9.17, 15) is 14.4 Å². The van der Waals surface area contributed by atoms with Gasteiger partial charge in [0.2, 0.25) is 11.8 Å². The summed E-state index contributed by atoms with van der Waals surface area (Å²) in [7, 11) is 1.64. The third-order valence-corrected chi connectivity index (χ3v) is 9.01. The highest BCUT2D eigenvalue weighted by molar-refractivity contribution is 5.96. The van der Waals surface area contributed by atoms with Crippen molar-refractivity contribution in [1.82, 2.24) is 15.1 Å². The Hall–Kier alpha value is -3.55. The van der Waals surface area contributed by atoms with Crippen molar-refractivity contribution >= 4 is 23.4 Å². The molecule has 5 rings (SSSR count). The molecule has 1 saturated carbocycles.